The smallest absolute Gasteiger partial charge is 0.101 e. The fraction of sp³-hybridized carbons (Fsp3) is 0.0625. The lowest BCUT2D eigenvalue weighted by atomic mass is 10.1. The third kappa shape index (κ3) is 2.51. The summed E-state index contributed by atoms with van der Waals surface area (Å²) in [6.45, 7) is 1.99. The summed E-state index contributed by atoms with van der Waals surface area (Å²) >= 11 is 0. The van der Waals surface area contributed by atoms with Gasteiger partial charge in [0.2, 0.25) is 0 Å². The van der Waals surface area contributed by atoms with Crippen molar-refractivity contribution in [2.75, 3.05) is 5.32 Å². The van der Waals surface area contributed by atoms with E-state index in [0.29, 0.717) is 5.56 Å². The molecule has 0 aliphatic carbocycles. The number of benzene rings is 2. The molecule has 0 spiro atoms. The van der Waals surface area contributed by atoms with Gasteiger partial charge in [-0.25, -0.2) is 0 Å². The van der Waals surface area contributed by atoms with Gasteiger partial charge in [-0.05, 0) is 42.8 Å². The highest BCUT2D eigenvalue weighted by Gasteiger charge is 2.02. The second-order valence-corrected chi connectivity index (χ2v) is 4.01. The van der Waals surface area contributed by atoms with Crippen molar-refractivity contribution in [3.63, 3.8) is 0 Å². The molecule has 0 aliphatic heterocycles. The summed E-state index contributed by atoms with van der Waals surface area (Å²) in [5.74, 6) is 2.59. The molecule has 0 atom stereocenters. The van der Waals surface area contributed by atoms with Gasteiger partial charge in [-0.15, -0.1) is 6.42 Å². The zero-order chi connectivity index (χ0) is 13.0. The number of hydrogen-bond acceptors (Lipinski definition) is 2. The quantitative estimate of drug-likeness (QED) is 0.803. The maximum atomic E-state index is 9.07. The highest BCUT2D eigenvalue weighted by molar-refractivity contribution is 5.68. The van der Waals surface area contributed by atoms with E-state index in [9.17, 15) is 0 Å². The Balaban J connectivity index is 2.37. The van der Waals surface area contributed by atoms with Crippen LogP contribution in [-0.2, 0) is 0 Å². The largest absolute Gasteiger partial charge is 0.354 e. The average Bonchev–Trinajstić information content (AvgIpc) is 2.39. The molecule has 2 aromatic carbocycles. The molecule has 0 fully saturated rings. The first-order valence-corrected chi connectivity index (χ1v) is 5.57. The lowest BCUT2D eigenvalue weighted by Crippen LogP contribution is -1.94. The van der Waals surface area contributed by atoms with Gasteiger partial charge in [-0.1, -0.05) is 18.1 Å². The fourth-order valence-corrected chi connectivity index (χ4v) is 1.70. The van der Waals surface area contributed by atoms with Gasteiger partial charge in [0.05, 0.1) is 11.3 Å². The number of nitriles is 1. The van der Waals surface area contributed by atoms with Crippen LogP contribution < -0.4 is 5.32 Å². The standard InChI is InChI=1S/C16H12N2/c1-3-13-5-4-6-15(10-13)18-16-9-12(2)7-8-14(16)11-17/h1,4-10,18H,2H3. The molecule has 0 heterocycles. The van der Waals surface area contributed by atoms with E-state index in [0.717, 1.165) is 22.5 Å². The van der Waals surface area contributed by atoms with E-state index < -0.39 is 0 Å². The van der Waals surface area contributed by atoms with Crippen LogP contribution in [0.15, 0.2) is 42.5 Å². The Kier molecular flexibility index (Phi) is 3.32. The molecule has 0 amide bonds. The van der Waals surface area contributed by atoms with Gasteiger partial charge >= 0.3 is 0 Å². The number of nitrogens with zero attached hydrogens (tertiary/aromatic N) is 1. The fourth-order valence-electron chi connectivity index (χ4n) is 1.70. The Morgan fingerprint density at radius 2 is 2.00 bits per heavy atom. The van der Waals surface area contributed by atoms with E-state index in [1.54, 1.807) is 0 Å². The maximum absolute atomic E-state index is 9.07. The Morgan fingerprint density at radius 1 is 1.17 bits per heavy atom. The number of nitrogens with one attached hydrogen (secondary N) is 1. The molecule has 0 radical (unpaired) electrons. The zero-order valence-corrected chi connectivity index (χ0v) is 10.1. The molecular formula is C16H12N2. The summed E-state index contributed by atoms with van der Waals surface area (Å²) < 4.78 is 0. The second-order valence-electron chi connectivity index (χ2n) is 4.01. The van der Waals surface area contributed by atoms with E-state index in [1.807, 2.05) is 49.4 Å². The molecule has 2 nitrogen and oxygen atoms in total. The summed E-state index contributed by atoms with van der Waals surface area (Å²) in [5.41, 5.74) is 4.21. The van der Waals surface area contributed by atoms with Crippen LogP contribution in [0.2, 0.25) is 0 Å². The first-order valence-electron chi connectivity index (χ1n) is 5.57. The van der Waals surface area contributed by atoms with Gasteiger partial charge in [-0.3, -0.25) is 0 Å². The first-order chi connectivity index (χ1) is 8.72. The van der Waals surface area contributed by atoms with E-state index in [4.69, 9.17) is 11.7 Å². The molecule has 0 bridgehead atoms. The number of anilines is 2. The number of aryl methyl sites for hydroxylation is 1. The van der Waals surface area contributed by atoms with Crippen LogP contribution in [0.4, 0.5) is 11.4 Å². The Bertz CT molecular complexity index is 658. The molecule has 0 aromatic heterocycles. The summed E-state index contributed by atoms with van der Waals surface area (Å²) in [4.78, 5) is 0. The minimum atomic E-state index is 0.617. The van der Waals surface area contributed by atoms with Crippen LogP contribution in [0.25, 0.3) is 0 Å². The average molecular weight is 232 g/mol. The van der Waals surface area contributed by atoms with Crippen LogP contribution in [0.1, 0.15) is 16.7 Å². The van der Waals surface area contributed by atoms with E-state index >= 15 is 0 Å². The van der Waals surface area contributed by atoms with Crippen molar-refractivity contribution in [1.29, 1.82) is 5.26 Å². The zero-order valence-electron chi connectivity index (χ0n) is 10.1. The Morgan fingerprint density at radius 3 is 2.72 bits per heavy atom. The van der Waals surface area contributed by atoms with Crippen LogP contribution >= 0.6 is 0 Å². The molecule has 1 N–H and O–H groups in total. The van der Waals surface area contributed by atoms with E-state index in [2.05, 4.69) is 17.3 Å². The molecule has 2 aromatic rings. The van der Waals surface area contributed by atoms with Gasteiger partial charge in [0, 0.05) is 11.3 Å². The highest BCUT2D eigenvalue weighted by Crippen LogP contribution is 2.22. The summed E-state index contributed by atoms with van der Waals surface area (Å²) in [6, 6.07) is 15.4. The molecule has 18 heavy (non-hydrogen) atoms. The van der Waals surface area contributed by atoms with Gasteiger partial charge < -0.3 is 5.32 Å². The van der Waals surface area contributed by atoms with Crippen molar-refractivity contribution in [3.05, 3.63) is 59.2 Å². The molecule has 0 saturated carbocycles. The number of rotatable bonds is 2. The van der Waals surface area contributed by atoms with Crippen LogP contribution in [0.3, 0.4) is 0 Å². The van der Waals surface area contributed by atoms with Crippen LogP contribution in [-0.4, -0.2) is 0 Å². The van der Waals surface area contributed by atoms with Crippen molar-refractivity contribution in [2.24, 2.45) is 0 Å². The SMILES string of the molecule is C#Cc1cccc(Nc2cc(C)ccc2C#N)c1. The Hall–Kier alpha value is -2.71. The minimum absolute atomic E-state index is 0.617. The van der Waals surface area contributed by atoms with Crippen molar-refractivity contribution in [1.82, 2.24) is 0 Å². The maximum Gasteiger partial charge on any atom is 0.101 e. The van der Waals surface area contributed by atoms with E-state index in [-0.39, 0.29) is 0 Å². The number of hydrogen-bond donors (Lipinski definition) is 1. The third-order valence-electron chi connectivity index (χ3n) is 2.60. The van der Waals surface area contributed by atoms with Gasteiger partial charge in [-0.2, -0.15) is 5.26 Å². The lowest BCUT2D eigenvalue weighted by molar-refractivity contribution is 1.41. The third-order valence-corrected chi connectivity index (χ3v) is 2.60. The Labute approximate surface area is 107 Å². The lowest BCUT2D eigenvalue weighted by Gasteiger charge is -2.09. The molecule has 0 unspecified atom stereocenters. The molecule has 2 heteroatoms. The number of terminal acetylenes is 1. The molecular weight excluding hydrogens is 220 g/mol. The summed E-state index contributed by atoms with van der Waals surface area (Å²) in [6.07, 6.45) is 5.36. The van der Waals surface area contributed by atoms with Crippen molar-refractivity contribution >= 4 is 11.4 Å². The van der Waals surface area contributed by atoms with Crippen LogP contribution in [0, 0.1) is 30.6 Å². The predicted molar refractivity (Wildman–Crippen MR) is 73.6 cm³/mol. The van der Waals surface area contributed by atoms with Crippen molar-refractivity contribution < 1.29 is 0 Å². The highest BCUT2D eigenvalue weighted by atomic mass is 14.9. The van der Waals surface area contributed by atoms with Crippen molar-refractivity contribution in [2.45, 2.75) is 6.92 Å². The van der Waals surface area contributed by atoms with Gasteiger partial charge in [0.25, 0.3) is 0 Å². The van der Waals surface area contributed by atoms with Gasteiger partial charge in [0.15, 0.2) is 0 Å². The van der Waals surface area contributed by atoms with Crippen molar-refractivity contribution in [3.8, 4) is 18.4 Å². The molecule has 2 rings (SSSR count). The predicted octanol–water partition coefficient (Wildman–Crippen LogP) is 3.59. The summed E-state index contributed by atoms with van der Waals surface area (Å²) in [5, 5.41) is 12.3. The first kappa shape index (κ1) is 11.8. The van der Waals surface area contributed by atoms with E-state index in [1.165, 1.54) is 0 Å². The monoisotopic (exact) mass is 232 g/mol. The summed E-state index contributed by atoms with van der Waals surface area (Å²) in [7, 11) is 0. The molecule has 0 saturated heterocycles. The molecule has 0 aliphatic rings. The minimum Gasteiger partial charge on any atom is -0.354 e. The topological polar surface area (TPSA) is 35.8 Å². The molecule has 86 valence electrons. The van der Waals surface area contributed by atoms with Crippen LogP contribution in [0.5, 0.6) is 0 Å². The van der Waals surface area contributed by atoms with Gasteiger partial charge in [0.1, 0.15) is 6.07 Å². The second kappa shape index (κ2) is 5.08. The normalized spacial score (nSPS) is 9.28.